The van der Waals surface area contributed by atoms with Crippen molar-refractivity contribution >= 4 is 29.1 Å². The summed E-state index contributed by atoms with van der Waals surface area (Å²) in [7, 11) is 1.38. The van der Waals surface area contributed by atoms with Crippen LogP contribution in [0.5, 0.6) is 0 Å². The third-order valence-corrected chi connectivity index (χ3v) is 5.30. The first-order valence-corrected chi connectivity index (χ1v) is 9.61. The molecule has 0 aliphatic carbocycles. The van der Waals surface area contributed by atoms with Crippen molar-refractivity contribution in [3.8, 4) is 0 Å². The Kier molecular flexibility index (Phi) is 5.41. The lowest BCUT2D eigenvalue weighted by Gasteiger charge is -2.43. The second kappa shape index (κ2) is 7.63. The third kappa shape index (κ3) is 3.72. The van der Waals surface area contributed by atoms with Crippen molar-refractivity contribution in [2.45, 2.75) is 40.2 Å². The zero-order valence-corrected chi connectivity index (χ0v) is 17.5. The average Bonchev–Trinajstić information content (AvgIpc) is 2.66. The summed E-state index contributed by atoms with van der Waals surface area (Å²) in [6, 6.07) is 11.6. The van der Waals surface area contributed by atoms with Gasteiger partial charge in [-0.25, -0.2) is 4.79 Å². The summed E-state index contributed by atoms with van der Waals surface area (Å²) in [4.78, 5) is 18.7. The molecule has 0 fully saturated rings. The van der Waals surface area contributed by atoms with Crippen molar-refractivity contribution in [1.29, 1.82) is 0 Å². The van der Waals surface area contributed by atoms with E-state index in [1.165, 1.54) is 29.5 Å². The molecule has 1 aliphatic rings. The van der Waals surface area contributed by atoms with Crippen LogP contribution in [-0.4, -0.2) is 31.4 Å². The van der Waals surface area contributed by atoms with Gasteiger partial charge in [-0.05, 0) is 81.7 Å². The van der Waals surface area contributed by atoms with Crippen LogP contribution in [0.2, 0.25) is 0 Å². The number of aryl methyl sites for hydroxylation is 1. The van der Waals surface area contributed by atoms with Crippen LogP contribution in [0.1, 0.15) is 54.7 Å². The number of allylic oxidation sites excluding steroid dienone is 1. The lowest BCUT2D eigenvalue weighted by Crippen LogP contribution is -2.45. The van der Waals surface area contributed by atoms with E-state index in [1.807, 2.05) is 18.3 Å². The molecule has 146 valence electrons. The Morgan fingerprint density at radius 3 is 2.64 bits per heavy atom. The van der Waals surface area contributed by atoms with Gasteiger partial charge in [-0.15, -0.1) is 0 Å². The summed E-state index contributed by atoms with van der Waals surface area (Å²) in [5, 5.41) is 0. The highest BCUT2D eigenvalue weighted by molar-refractivity contribution is 5.92. The van der Waals surface area contributed by atoms with Crippen molar-refractivity contribution in [2.75, 3.05) is 18.6 Å². The van der Waals surface area contributed by atoms with E-state index in [1.54, 1.807) is 12.1 Å². The molecule has 1 aliphatic heterocycles. The number of esters is 1. The minimum atomic E-state index is -0.356. The number of ether oxygens (including phenoxy) is 1. The minimum absolute atomic E-state index is 0.00219. The Balaban J connectivity index is 1.98. The van der Waals surface area contributed by atoms with Crippen LogP contribution >= 0.6 is 0 Å². The number of nitrogens with zero attached hydrogens (tertiary/aromatic N) is 2. The fraction of sp³-hybridized carbons (Fsp3) is 0.333. The SMILES string of the molecule is CCN1c2cc(C)c(C=Nc3cccc(C(=O)OC)c3)cc2C(C)=CC1(C)C. The number of aliphatic imine (C=N–C) groups is 1. The van der Waals surface area contributed by atoms with Crippen LogP contribution < -0.4 is 4.90 Å². The van der Waals surface area contributed by atoms with Gasteiger partial charge in [0.25, 0.3) is 0 Å². The van der Waals surface area contributed by atoms with E-state index in [2.05, 4.69) is 62.7 Å². The molecule has 0 bridgehead atoms. The van der Waals surface area contributed by atoms with Crippen molar-refractivity contribution in [3.63, 3.8) is 0 Å². The molecule has 4 nitrogen and oxygen atoms in total. The molecule has 3 rings (SSSR count). The molecule has 0 N–H and O–H groups in total. The topological polar surface area (TPSA) is 41.9 Å². The van der Waals surface area contributed by atoms with Gasteiger partial charge in [0.15, 0.2) is 0 Å². The molecule has 2 aromatic rings. The summed E-state index contributed by atoms with van der Waals surface area (Å²) in [6.45, 7) is 11.9. The Labute approximate surface area is 167 Å². The number of likely N-dealkylation sites (N-methyl/N-ethyl adjacent to an activating group) is 1. The maximum absolute atomic E-state index is 11.7. The zero-order valence-electron chi connectivity index (χ0n) is 17.5. The monoisotopic (exact) mass is 376 g/mol. The number of rotatable bonds is 4. The third-order valence-electron chi connectivity index (χ3n) is 5.30. The smallest absolute Gasteiger partial charge is 0.337 e. The number of carbonyl (C=O) groups is 1. The molecule has 4 heteroatoms. The summed E-state index contributed by atoms with van der Waals surface area (Å²) in [5.74, 6) is -0.356. The maximum atomic E-state index is 11.7. The number of hydrogen-bond donors (Lipinski definition) is 0. The van der Waals surface area contributed by atoms with E-state index >= 15 is 0 Å². The van der Waals surface area contributed by atoms with E-state index in [-0.39, 0.29) is 11.5 Å². The second-order valence-corrected chi connectivity index (χ2v) is 7.75. The Morgan fingerprint density at radius 1 is 1.21 bits per heavy atom. The highest BCUT2D eigenvalue weighted by Crippen LogP contribution is 2.39. The fourth-order valence-corrected chi connectivity index (χ4v) is 3.94. The molecule has 0 saturated carbocycles. The highest BCUT2D eigenvalue weighted by Gasteiger charge is 2.30. The molecule has 0 saturated heterocycles. The predicted molar refractivity (Wildman–Crippen MR) is 117 cm³/mol. The number of carbonyl (C=O) groups excluding carboxylic acids is 1. The highest BCUT2D eigenvalue weighted by atomic mass is 16.5. The quantitative estimate of drug-likeness (QED) is 0.519. The van der Waals surface area contributed by atoms with E-state index < -0.39 is 0 Å². The molecular weight excluding hydrogens is 348 g/mol. The van der Waals surface area contributed by atoms with Crippen LogP contribution in [-0.2, 0) is 4.74 Å². The van der Waals surface area contributed by atoms with E-state index in [9.17, 15) is 4.79 Å². The molecule has 0 radical (unpaired) electrons. The number of hydrogen-bond acceptors (Lipinski definition) is 4. The Bertz CT molecular complexity index is 971. The molecule has 1 heterocycles. The normalized spacial score (nSPS) is 15.4. The lowest BCUT2D eigenvalue weighted by atomic mass is 9.87. The molecule has 0 aromatic heterocycles. The summed E-state index contributed by atoms with van der Waals surface area (Å²) in [6.07, 6.45) is 4.20. The van der Waals surface area contributed by atoms with Crippen LogP contribution in [0.4, 0.5) is 11.4 Å². The number of benzene rings is 2. The minimum Gasteiger partial charge on any atom is -0.465 e. The first-order valence-electron chi connectivity index (χ1n) is 9.61. The number of methoxy groups -OCH3 is 1. The number of fused-ring (bicyclic) bond motifs is 1. The molecular formula is C24H28N2O2. The van der Waals surface area contributed by atoms with E-state index in [4.69, 9.17) is 4.74 Å². The van der Waals surface area contributed by atoms with Crippen molar-refractivity contribution in [1.82, 2.24) is 0 Å². The fourth-order valence-electron chi connectivity index (χ4n) is 3.94. The summed E-state index contributed by atoms with van der Waals surface area (Å²) < 4.78 is 4.78. The maximum Gasteiger partial charge on any atom is 0.337 e. The standard InChI is InChI=1S/C24H28N2O2/c1-7-26-22-11-16(2)19(13-21(22)17(3)14-24(26,4)5)15-25-20-10-8-9-18(12-20)23(27)28-6/h8-15H,7H2,1-6H3. The first kappa shape index (κ1) is 19.9. The molecule has 2 aromatic carbocycles. The molecule has 28 heavy (non-hydrogen) atoms. The second-order valence-electron chi connectivity index (χ2n) is 7.75. The Morgan fingerprint density at radius 2 is 1.96 bits per heavy atom. The van der Waals surface area contributed by atoms with Crippen molar-refractivity contribution in [2.24, 2.45) is 4.99 Å². The van der Waals surface area contributed by atoms with Crippen molar-refractivity contribution in [3.05, 3.63) is 64.7 Å². The van der Waals surface area contributed by atoms with E-state index in [0.29, 0.717) is 5.56 Å². The van der Waals surface area contributed by atoms with Gasteiger partial charge in [-0.3, -0.25) is 4.99 Å². The van der Waals surface area contributed by atoms with Gasteiger partial charge in [-0.2, -0.15) is 0 Å². The van der Waals surface area contributed by atoms with Gasteiger partial charge in [-0.1, -0.05) is 12.1 Å². The lowest BCUT2D eigenvalue weighted by molar-refractivity contribution is 0.0601. The van der Waals surface area contributed by atoms with E-state index in [0.717, 1.165) is 17.8 Å². The van der Waals surface area contributed by atoms with Gasteiger partial charge < -0.3 is 9.64 Å². The van der Waals surface area contributed by atoms with Gasteiger partial charge in [0.1, 0.15) is 0 Å². The van der Waals surface area contributed by atoms with Crippen LogP contribution in [0, 0.1) is 6.92 Å². The first-order chi connectivity index (χ1) is 13.3. The van der Waals surface area contributed by atoms with Crippen LogP contribution in [0.3, 0.4) is 0 Å². The molecule has 0 spiro atoms. The van der Waals surface area contributed by atoms with Gasteiger partial charge >= 0.3 is 5.97 Å². The molecule has 0 unspecified atom stereocenters. The average molecular weight is 377 g/mol. The molecule has 0 amide bonds. The zero-order chi connectivity index (χ0) is 20.5. The van der Waals surface area contributed by atoms with Crippen LogP contribution in [0.25, 0.3) is 5.57 Å². The summed E-state index contributed by atoms with van der Waals surface area (Å²) in [5.41, 5.74) is 7.28. The summed E-state index contributed by atoms with van der Waals surface area (Å²) >= 11 is 0. The Hall–Kier alpha value is -2.88. The van der Waals surface area contributed by atoms with Gasteiger partial charge in [0.05, 0.1) is 23.9 Å². The van der Waals surface area contributed by atoms with Crippen molar-refractivity contribution < 1.29 is 9.53 Å². The van der Waals surface area contributed by atoms with Gasteiger partial charge in [0.2, 0.25) is 0 Å². The molecule has 0 atom stereocenters. The van der Waals surface area contributed by atoms with Gasteiger partial charge in [0, 0.05) is 24.0 Å². The largest absolute Gasteiger partial charge is 0.465 e. The van der Waals surface area contributed by atoms with Crippen LogP contribution in [0.15, 0.2) is 47.5 Å². The number of anilines is 1. The predicted octanol–water partition coefficient (Wildman–Crippen LogP) is 5.55.